The van der Waals surface area contributed by atoms with Gasteiger partial charge in [-0.25, -0.2) is 8.42 Å². The van der Waals surface area contributed by atoms with E-state index in [1.165, 1.54) is 16.8 Å². The minimum atomic E-state index is -3.30. The van der Waals surface area contributed by atoms with E-state index in [0.717, 1.165) is 17.1 Å². The second kappa shape index (κ2) is 8.28. The third-order valence-electron chi connectivity index (χ3n) is 4.03. The van der Waals surface area contributed by atoms with E-state index < -0.39 is 9.84 Å². The first-order valence-electron chi connectivity index (χ1n) is 8.63. The van der Waals surface area contributed by atoms with Crippen molar-refractivity contribution in [2.75, 3.05) is 12.9 Å². The Kier molecular flexibility index (Phi) is 6.00. The maximum Gasteiger partial charge on any atom is 0.314 e. The number of ether oxygens (including phenoxy) is 1. The molecule has 0 aliphatic carbocycles. The van der Waals surface area contributed by atoms with E-state index in [0.29, 0.717) is 23.4 Å². The Hall–Kier alpha value is -2.45. The Bertz CT molecular complexity index is 1160. The van der Waals surface area contributed by atoms with Gasteiger partial charge in [0.1, 0.15) is 0 Å². The van der Waals surface area contributed by atoms with Gasteiger partial charge in [0.2, 0.25) is 0 Å². The van der Waals surface area contributed by atoms with Gasteiger partial charge in [-0.3, -0.25) is 4.79 Å². The van der Waals surface area contributed by atoms with Gasteiger partial charge < -0.3 is 4.74 Å². The molecule has 0 saturated carbocycles. The first kappa shape index (κ1) is 20.3. The highest BCUT2D eigenvalue weighted by atomic mass is 79.9. The predicted molar refractivity (Wildman–Crippen MR) is 112 cm³/mol. The SMILES string of the molecule is CCCOc1c(-c2ccc(S(C)(=O)=O)cc2)cnn(-c2cccc(Br)c2)c1=O. The Morgan fingerprint density at radius 2 is 1.86 bits per heavy atom. The normalized spacial score (nSPS) is 11.4. The fourth-order valence-corrected chi connectivity index (χ4v) is 3.68. The molecule has 0 bridgehead atoms. The van der Waals surface area contributed by atoms with E-state index in [2.05, 4.69) is 21.0 Å². The molecular weight excluding hydrogens is 444 g/mol. The minimum absolute atomic E-state index is 0.184. The Labute approximate surface area is 171 Å². The van der Waals surface area contributed by atoms with Crippen molar-refractivity contribution >= 4 is 25.8 Å². The smallest absolute Gasteiger partial charge is 0.314 e. The monoisotopic (exact) mass is 462 g/mol. The zero-order valence-corrected chi connectivity index (χ0v) is 17.8. The van der Waals surface area contributed by atoms with Crippen molar-refractivity contribution in [1.29, 1.82) is 0 Å². The summed E-state index contributed by atoms with van der Waals surface area (Å²) in [5.41, 5.74) is 1.41. The molecule has 2 aromatic carbocycles. The molecule has 3 rings (SSSR count). The number of sulfone groups is 1. The van der Waals surface area contributed by atoms with Gasteiger partial charge >= 0.3 is 5.56 Å². The molecule has 0 fully saturated rings. The van der Waals surface area contributed by atoms with E-state index in [9.17, 15) is 13.2 Å². The largest absolute Gasteiger partial charge is 0.487 e. The van der Waals surface area contributed by atoms with E-state index in [-0.39, 0.29) is 16.2 Å². The average molecular weight is 463 g/mol. The second-order valence-electron chi connectivity index (χ2n) is 6.23. The van der Waals surface area contributed by atoms with E-state index in [1.807, 2.05) is 19.1 Å². The molecule has 6 nitrogen and oxygen atoms in total. The first-order chi connectivity index (χ1) is 13.3. The maximum absolute atomic E-state index is 13.1. The molecule has 0 aliphatic heterocycles. The molecule has 0 unspecified atom stereocenters. The number of hydrogen-bond donors (Lipinski definition) is 0. The minimum Gasteiger partial charge on any atom is -0.487 e. The van der Waals surface area contributed by atoms with Gasteiger partial charge in [0.05, 0.1) is 23.4 Å². The van der Waals surface area contributed by atoms with Crippen LogP contribution in [0.15, 0.2) is 68.9 Å². The summed E-state index contributed by atoms with van der Waals surface area (Å²) in [5, 5.41) is 4.29. The van der Waals surface area contributed by atoms with Crippen LogP contribution in [0.3, 0.4) is 0 Å². The fourth-order valence-electron chi connectivity index (χ4n) is 2.66. The molecule has 3 aromatic rings. The molecule has 28 heavy (non-hydrogen) atoms. The van der Waals surface area contributed by atoms with Crippen LogP contribution in [0.4, 0.5) is 0 Å². The molecule has 1 heterocycles. The third kappa shape index (κ3) is 4.34. The van der Waals surface area contributed by atoms with Crippen LogP contribution >= 0.6 is 15.9 Å². The summed E-state index contributed by atoms with van der Waals surface area (Å²) in [6.45, 7) is 2.33. The second-order valence-corrected chi connectivity index (χ2v) is 9.16. The highest BCUT2D eigenvalue weighted by molar-refractivity contribution is 9.10. The van der Waals surface area contributed by atoms with Crippen LogP contribution in [0.5, 0.6) is 5.75 Å². The quantitative estimate of drug-likeness (QED) is 0.555. The molecular formula is C20H19BrN2O4S. The maximum atomic E-state index is 13.1. The van der Waals surface area contributed by atoms with E-state index in [1.54, 1.807) is 30.5 Å². The standard InChI is InChI=1S/C20H19BrN2O4S/c1-3-11-27-19-18(14-7-9-17(10-8-14)28(2,25)26)13-22-23(20(19)24)16-6-4-5-15(21)12-16/h4-10,12-13H,3,11H2,1-2H3. The number of benzene rings is 2. The van der Waals surface area contributed by atoms with Gasteiger partial charge in [-0.2, -0.15) is 9.78 Å². The molecule has 0 saturated heterocycles. The Morgan fingerprint density at radius 3 is 2.46 bits per heavy atom. The lowest BCUT2D eigenvalue weighted by atomic mass is 10.1. The fraction of sp³-hybridized carbons (Fsp3) is 0.200. The summed E-state index contributed by atoms with van der Waals surface area (Å²) in [4.78, 5) is 13.3. The van der Waals surface area contributed by atoms with Gasteiger partial charge in [0, 0.05) is 16.3 Å². The lowest BCUT2D eigenvalue weighted by Gasteiger charge is -2.13. The van der Waals surface area contributed by atoms with Crippen molar-refractivity contribution in [1.82, 2.24) is 9.78 Å². The van der Waals surface area contributed by atoms with Gasteiger partial charge in [0.25, 0.3) is 0 Å². The zero-order valence-electron chi connectivity index (χ0n) is 15.4. The highest BCUT2D eigenvalue weighted by Crippen LogP contribution is 2.28. The van der Waals surface area contributed by atoms with Crippen LogP contribution in [0.25, 0.3) is 16.8 Å². The molecule has 0 aliphatic rings. The molecule has 0 radical (unpaired) electrons. The Balaban J connectivity index is 2.13. The molecule has 0 amide bonds. The van der Waals surface area contributed by atoms with Crippen molar-refractivity contribution in [3.05, 3.63) is 69.6 Å². The van der Waals surface area contributed by atoms with E-state index in [4.69, 9.17) is 4.74 Å². The summed E-state index contributed by atoms with van der Waals surface area (Å²) in [7, 11) is -3.30. The van der Waals surface area contributed by atoms with Gasteiger partial charge in [-0.15, -0.1) is 0 Å². The summed E-state index contributed by atoms with van der Waals surface area (Å²) >= 11 is 3.39. The first-order valence-corrected chi connectivity index (χ1v) is 11.3. The number of nitrogens with zero attached hydrogens (tertiary/aromatic N) is 2. The van der Waals surface area contributed by atoms with E-state index >= 15 is 0 Å². The summed E-state index contributed by atoms with van der Waals surface area (Å²) < 4.78 is 31.2. The summed E-state index contributed by atoms with van der Waals surface area (Å²) in [5.74, 6) is 0.184. The molecule has 1 aromatic heterocycles. The van der Waals surface area contributed by atoms with Crippen molar-refractivity contribution in [3.8, 4) is 22.6 Å². The molecule has 0 spiro atoms. The number of hydrogen-bond acceptors (Lipinski definition) is 5. The van der Waals surface area contributed by atoms with Crippen molar-refractivity contribution < 1.29 is 13.2 Å². The van der Waals surface area contributed by atoms with Crippen LogP contribution in [0.2, 0.25) is 0 Å². The average Bonchev–Trinajstić information content (AvgIpc) is 2.66. The molecule has 8 heteroatoms. The van der Waals surface area contributed by atoms with Crippen LogP contribution in [0, 0.1) is 0 Å². The van der Waals surface area contributed by atoms with Crippen LogP contribution < -0.4 is 10.3 Å². The molecule has 0 atom stereocenters. The summed E-state index contributed by atoms with van der Waals surface area (Å²) in [6, 6.07) is 13.6. The van der Waals surface area contributed by atoms with Crippen molar-refractivity contribution in [2.24, 2.45) is 0 Å². The van der Waals surface area contributed by atoms with Gasteiger partial charge in [-0.1, -0.05) is 41.1 Å². The number of aromatic nitrogens is 2. The van der Waals surface area contributed by atoms with Crippen LogP contribution in [-0.4, -0.2) is 31.1 Å². The Morgan fingerprint density at radius 1 is 1.14 bits per heavy atom. The molecule has 0 N–H and O–H groups in total. The third-order valence-corrected chi connectivity index (χ3v) is 5.65. The van der Waals surface area contributed by atoms with Gasteiger partial charge in [0.15, 0.2) is 15.6 Å². The van der Waals surface area contributed by atoms with Crippen molar-refractivity contribution in [2.45, 2.75) is 18.2 Å². The lowest BCUT2D eigenvalue weighted by molar-refractivity contribution is 0.312. The topological polar surface area (TPSA) is 78.3 Å². The van der Waals surface area contributed by atoms with Crippen molar-refractivity contribution in [3.63, 3.8) is 0 Å². The predicted octanol–water partition coefficient (Wildman–Crippen LogP) is 3.85. The van der Waals surface area contributed by atoms with Crippen LogP contribution in [-0.2, 0) is 9.84 Å². The number of halogens is 1. The number of rotatable bonds is 6. The highest BCUT2D eigenvalue weighted by Gasteiger charge is 2.16. The summed E-state index contributed by atoms with van der Waals surface area (Å²) in [6.07, 6.45) is 3.45. The van der Waals surface area contributed by atoms with Crippen LogP contribution in [0.1, 0.15) is 13.3 Å². The zero-order chi connectivity index (χ0) is 20.3. The van der Waals surface area contributed by atoms with Gasteiger partial charge in [-0.05, 0) is 42.3 Å². The molecule has 146 valence electrons. The lowest BCUT2D eigenvalue weighted by Crippen LogP contribution is -2.24.